The number of aliphatic hydroxyl groups excluding tert-OH is 1. The van der Waals surface area contributed by atoms with Gasteiger partial charge in [-0.1, -0.05) is 60.7 Å². The summed E-state index contributed by atoms with van der Waals surface area (Å²) in [7, 11) is 0. The van der Waals surface area contributed by atoms with Gasteiger partial charge in [0.15, 0.2) is 17.5 Å². The molecule has 28 heavy (non-hydrogen) atoms. The van der Waals surface area contributed by atoms with Gasteiger partial charge >= 0.3 is 0 Å². The number of aliphatic hydroxyl groups is 1. The molecule has 3 fully saturated rings. The van der Waals surface area contributed by atoms with Crippen molar-refractivity contribution >= 4 is 0 Å². The second-order valence-electron chi connectivity index (χ2n) is 7.60. The average molecular weight is 384 g/mol. The van der Waals surface area contributed by atoms with Crippen LogP contribution in [0.15, 0.2) is 60.7 Å². The topological polar surface area (TPSA) is 66.4 Å². The van der Waals surface area contributed by atoms with E-state index in [0.29, 0.717) is 26.4 Å². The Labute approximate surface area is 163 Å². The summed E-state index contributed by atoms with van der Waals surface area (Å²) in [6.45, 7) is 1.69. The summed E-state index contributed by atoms with van der Waals surface area (Å²) in [5.74, 6) is 0. The van der Waals surface area contributed by atoms with E-state index >= 15 is 0 Å². The highest BCUT2D eigenvalue weighted by Gasteiger charge is 2.77. The molecule has 3 aliphatic heterocycles. The van der Waals surface area contributed by atoms with Gasteiger partial charge in [0.1, 0.15) is 12.2 Å². The Bertz CT molecular complexity index is 795. The van der Waals surface area contributed by atoms with Crippen molar-refractivity contribution in [1.82, 2.24) is 0 Å². The molecule has 6 nitrogen and oxygen atoms in total. The van der Waals surface area contributed by atoms with Gasteiger partial charge in [0.05, 0.1) is 33.0 Å². The Hall–Kier alpha value is -1.80. The van der Waals surface area contributed by atoms with Gasteiger partial charge in [-0.15, -0.1) is 0 Å². The van der Waals surface area contributed by atoms with Crippen molar-refractivity contribution in [2.45, 2.75) is 42.9 Å². The Balaban J connectivity index is 1.37. The maximum atomic E-state index is 11.0. The fourth-order valence-corrected chi connectivity index (χ4v) is 4.50. The first-order valence-electron chi connectivity index (χ1n) is 9.62. The van der Waals surface area contributed by atoms with E-state index in [1.807, 2.05) is 60.7 Å². The maximum absolute atomic E-state index is 11.0. The minimum atomic E-state index is -1.01. The van der Waals surface area contributed by atoms with Crippen molar-refractivity contribution in [3.63, 3.8) is 0 Å². The predicted molar refractivity (Wildman–Crippen MR) is 99.4 cm³/mol. The first-order chi connectivity index (χ1) is 13.7. The molecule has 0 unspecified atom stereocenters. The smallest absolute Gasteiger partial charge is 0.187 e. The van der Waals surface area contributed by atoms with Gasteiger partial charge < -0.3 is 28.8 Å². The largest absolute Gasteiger partial charge is 0.385 e. The second-order valence-corrected chi connectivity index (χ2v) is 7.60. The normalized spacial score (nSPS) is 36.0. The zero-order valence-corrected chi connectivity index (χ0v) is 15.5. The lowest BCUT2D eigenvalue weighted by atomic mass is 9.78. The van der Waals surface area contributed by atoms with Gasteiger partial charge in [-0.3, -0.25) is 0 Å². The van der Waals surface area contributed by atoms with Crippen molar-refractivity contribution < 1.29 is 28.8 Å². The zero-order valence-electron chi connectivity index (χ0n) is 15.5. The van der Waals surface area contributed by atoms with Crippen LogP contribution in [-0.2, 0) is 36.9 Å². The summed E-state index contributed by atoms with van der Waals surface area (Å²) in [5.41, 5.74) is 0.190. The van der Waals surface area contributed by atoms with Crippen LogP contribution in [0.25, 0.3) is 0 Å². The minimum Gasteiger partial charge on any atom is -0.385 e. The molecule has 0 aliphatic carbocycles. The molecular weight excluding hydrogens is 360 g/mol. The number of hydrogen-bond donors (Lipinski definition) is 1. The van der Waals surface area contributed by atoms with Crippen LogP contribution < -0.4 is 0 Å². The SMILES string of the molecule is O[C@H]1[C@@H]2OC[C@H]3OC[C@@](COCc4ccccc4)(O2)[C@]31OCc1ccccc1. The molecule has 1 N–H and O–H groups in total. The Kier molecular flexibility index (Phi) is 4.71. The van der Waals surface area contributed by atoms with Gasteiger partial charge in [-0.05, 0) is 11.1 Å². The van der Waals surface area contributed by atoms with Crippen molar-refractivity contribution in [2.24, 2.45) is 0 Å². The Morgan fingerprint density at radius 2 is 1.61 bits per heavy atom. The van der Waals surface area contributed by atoms with Crippen LogP contribution in [0.3, 0.4) is 0 Å². The molecule has 0 saturated carbocycles. The lowest BCUT2D eigenvalue weighted by Crippen LogP contribution is -2.65. The van der Waals surface area contributed by atoms with Crippen molar-refractivity contribution in [3.05, 3.63) is 71.8 Å². The summed E-state index contributed by atoms with van der Waals surface area (Å²) in [5, 5.41) is 11.0. The lowest BCUT2D eigenvalue weighted by molar-refractivity contribution is -0.249. The van der Waals surface area contributed by atoms with E-state index in [4.69, 9.17) is 23.7 Å². The number of hydrogen-bond acceptors (Lipinski definition) is 6. The van der Waals surface area contributed by atoms with E-state index < -0.39 is 29.7 Å². The molecule has 3 aliphatic rings. The predicted octanol–water partition coefficient (Wildman–Crippen LogP) is 2.04. The van der Waals surface area contributed by atoms with E-state index in [2.05, 4.69) is 0 Å². The summed E-state index contributed by atoms with van der Waals surface area (Å²) >= 11 is 0. The van der Waals surface area contributed by atoms with Gasteiger partial charge in [-0.25, -0.2) is 0 Å². The fourth-order valence-electron chi connectivity index (χ4n) is 4.50. The van der Waals surface area contributed by atoms with Crippen LogP contribution in [-0.4, -0.2) is 54.6 Å². The third kappa shape index (κ3) is 2.80. The number of fused-ring (bicyclic) bond motifs is 1. The molecule has 3 heterocycles. The summed E-state index contributed by atoms with van der Waals surface area (Å²) < 4.78 is 30.2. The molecule has 0 aromatic heterocycles. The second kappa shape index (κ2) is 7.22. The number of rotatable bonds is 7. The van der Waals surface area contributed by atoms with Gasteiger partial charge in [0, 0.05) is 0 Å². The molecule has 6 heteroatoms. The molecule has 5 rings (SSSR count). The first-order valence-corrected chi connectivity index (χ1v) is 9.62. The summed E-state index contributed by atoms with van der Waals surface area (Å²) in [6.07, 6.45) is -2.06. The molecule has 2 bridgehead atoms. The van der Waals surface area contributed by atoms with Gasteiger partial charge in [-0.2, -0.15) is 0 Å². The number of benzene rings is 2. The van der Waals surface area contributed by atoms with E-state index in [1.54, 1.807) is 0 Å². The van der Waals surface area contributed by atoms with Crippen LogP contribution in [0.2, 0.25) is 0 Å². The molecule has 2 aromatic carbocycles. The highest BCUT2D eigenvalue weighted by molar-refractivity contribution is 5.23. The highest BCUT2D eigenvalue weighted by Crippen LogP contribution is 2.54. The van der Waals surface area contributed by atoms with Gasteiger partial charge in [0.25, 0.3) is 0 Å². The molecule has 0 radical (unpaired) electrons. The average Bonchev–Trinajstić information content (AvgIpc) is 3.10. The molecular formula is C22H24O6. The third-order valence-corrected chi connectivity index (χ3v) is 5.93. The summed E-state index contributed by atoms with van der Waals surface area (Å²) in [6, 6.07) is 19.8. The maximum Gasteiger partial charge on any atom is 0.187 e. The van der Waals surface area contributed by atoms with E-state index in [1.165, 1.54) is 0 Å². The third-order valence-electron chi connectivity index (χ3n) is 5.93. The van der Waals surface area contributed by atoms with Crippen molar-refractivity contribution in [1.29, 1.82) is 0 Å². The van der Waals surface area contributed by atoms with E-state index in [0.717, 1.165) is 11.1 Å². The molecule has 3 saturated heterocycles. The van der Waals surface area contributed by atoms with Crippen LogP contribution in [0.1, 0.15) is 11.1 Å². The van der Waals surface area contributed by atoms with Crippen LogP contribution >= 0.6 is 0 Å². The van der Waals surface area contributed by atoms with Crippen LogP contribution in [0, 0.1) is 0 Å². The first kappa shape index (κ1) is 18.2. The van der Waals surface area contributed by atoms with E-state index in [-0.39, 0.29) is 6.61 Å². The molecule has 5 atom stereocenters. The highest BCUT2D eigenvalue weighted by atomic mass is 16.8. The molecule has 0 spiro atoms. The Morgan fingerprint density at radius 3 is 2.32 bits per heavy atom. The lowest BCUT2D eigenvalue weighted by Gasteiger charge is -2.42. The molecule has 148 valence electrons. The van der Waals surface area contributed by atoms with E-state index in [9.17, 15) is 5.11 Å². The molecule has 0 amide bonds. The van der Waals surface area contributed by atoms with Crippen molar-refractivity contribution in [3.8, 4) is 0 Å². The quantitative estimate of drug-likeness (QED) is 0.788. The Morgan fingerprint density at radius 1 is 0.929 bits per heavy atom. The van der Waals surface area contributed by atoms with Crippen LogP contribution in [0.4, 0.5) is 0 Å². The minimum absolute atomic E-state index is 0.254. The standard InChI is InChI=1S/C22H24O6/c23-19-20-25-13-18-22(19,27-12-17-9-5-2-6-10-17)21(28-20,15-26-18)14-24-11-16-7-3-1-4-8-16/h1-10,18-20,23H,11-15H2/t18-,19+,20-,21-,22+/m1/s1. The van der Waals surface area contributed by atoms with Crippen LogP contribution in [0.5, 0.6) is 0 Å². The monoisotopic (exact) mass is 384 g/mol. The van der Waals surface area contributed by atoms with Gasteiger partial charge in [0.2, 0.25) is 0 Å². The van der Waals surface area contributed by atoms with Crippen molar-refractivity contribution in [2.75, 3.05) is 19.8 Å². The molecule has 2 aromatic rings. The zero-order chi connectivity index (χ0) is 19.0. The fraction of sp³-hybridized carbons (Fsp3) is 0.455. The summed E-state index contributed by atoms with van der Waals surface area (Å²) in [4.78, 5) is 0. The number of ether oxygens (including phenoxy) is 5.